The van der Waals surface area contributed by atoms with Crippen LogP contribution in [0.2, 0.25) is 0 Å². The van der Waals surface area contributed by atoms with Gasteiger partial charge in [0.1, 0.15) is 28.7 Å². The third kappa shape index (κ3) is 6.68. The first-order chi connectivity index (χ1) is 24.7. The molecule has 1 aliphatic heterocycles. The van der Waals surface area contributed by atoms with Crippen LogP contribution >= 0.6 is 7.37 Å². The summed E-state index contributed by atoms with van der Waals surface area (Å²) < 4.78 is 33.6. The Bertz CT molecular complexity index is 2280. The standard InChI is InChI=1S/C46H41O4P/c1-6-12-33-30-35(20-28-42(33)48-37-22-18-32(3)19-23-37)46(4,5)36-21-29-43(34(31-36)13-7-2)49-38-24-26-39(27-25-38)51(47)45-17-11-9-15-41(45)40-14-8-10-16-44(40)50-51/h6-11,14-31H,1-2,12-13H2,3-5H3. The van der Waals surface area contributed by atoms with Crippen LogP contribution in [0.3, 0.4) is 0 Å². The fourth-order valence-corrected chi connectivity index (χ4v) is 8.86. The number of para-hydroxylation sites is 1. The molecule has 4 nitrogen and oxygen atoms in total. The van der Waals surface area contributed by atoms with Crippen molar-refractivity contribution >= 4 is 18.0 Å². The molecule has 0 bridgehead atoms. The van der Waals surface area contributed by atoms with Gasteiger partial charge in [-0.05, 0) is 108 Å². The van der Waals surface area contributed by atoms with Crippen LogP contribution in [-0.2, 0) is 22.8 Å². The number of hydrogen-bond acceptors (Lipinski definition) is 4. The Balaban J connectivity index is 1.14. The lowest BCUT2D eigenvalue weighted by molar-refractivity contribution is 0.475. The molecule has 0 spiro atoms. The molecule has 7 rings (SSSR count). The van der Waals surface area contributed by atoms with E-state index >= 15 is 0 Å². The highest BCUT2D eigenvalue weighted by Crippen LogP contribution is 2.54. The highest BCUT2D eigenvalue weighted by atomic mass is 31.2. The van der Waals surface area contributed by atoms with Crippen LogP contribution in [0.15, 0.2) is 159 Å². The maximum atomic E-state index is 14.6. The number of fused-ring (bicyclic) bond motifs is 3. The minimum Gasteiger partial charge on any atom is -0.457 e. The molecule has 6 aromatic carbocycles. The summed E-state index contributed by atoms with van der Waals surface area (Å²) in [5.41, 5.74) is 7.20. The fraction of sp³-hybridized carbons (Fsp3) is 0.130. The van der Waals surface area contributed by atoms with Gasteiger partial charge in [0.05, 0.1) is 10.6 Å². The Hall–Kier alpha value is -5.57. The minimum absolute atomic E-state index is 0.310. The van der Waals surface area contributed by atoms with Crippen LogP contribution < -0.4 is 24.6 Å². The van der Waals surface area contributed by atoms with E-state index in [1.54, 1.807) is 0 Å². The van der Waals surface area contributed by atoms with Crippen molar-refractivity contribution in [2.45, 2.75) is 39.0 Å². The van der Waals surface area contributed by atoms with Crippen molar-refractivity contribution in [3.63, 3.8) is 0 Å². The molecule has 1 unspecified atom stereocenters. The van der Waals surface area contributed by atoms with Crippen LogP contribution in [0.5, 0.6) is 28.7 Å². The van der Waals surface area contributed by atoms with E-state index in [9.17, 15) is 4.57 Å². The first-order valence-corrected chi connectivity index (χ1v) is 18.8. The maximum absolute atomic E-state index is 14.6. The zero-order valence-electron chi connectivity index (χ0n) is 29.3. The van der Waals surface area contributed by atoms with Gasteiger partial charge in [0, 0.05) is 11.0 Å². The first kappa shape index (κ1) is 33.9. The molecule has 0 amide bonds. The van der Waals surface area contributed by atoms with Crippen LogP contribution in [0.4, 0.5) is 0 Å². The number of hydrogen-bond donors (Lipinski definition) is 0. The summed E-state index contributed by atoms with van der Waals surface area (Å²) in [5, 5.41) is 1.32. The van der Waals surface area contributed by atoms with Gasteiger partial charge in [0.2, 0.25) is 0 Å². The van der Waals surface area contributed by atoms with Gasteiger partial charge < -0.3 is 14.0 Å². The van der Waals surface area contributed by atoms with Gasteiger partial charge in [-0.25, -0.2) is 0 Å². The van der Waals surface area contributed by atoms with Crippen molar-refractivity contribution in [3.8, 4) is 39.9 Å². The van der Waals surface area contributed by atoms with Crippen molar-refractivity contribution < 1.29 is 18.6 Å². The average molecular weight is 689 g/mol. The van der Waals surface area contributed by atoms with E-state index in [1.165, 1.54) is 11.1 Å². The summed E-state index contributed by atoms with van der Waals surface area (Å²) in [5.74, 6) is 3.66. The summed E-state index contributed by atoms with van der Waals surface area (Å²) >= 11 is 0. The van der Waals surface area contributed by atoms with E-state index < -0.39 is 7.37 Å². The van der Waals surface area contributed by atoms with Crippen molar-refractivity contribution in [2.75, 3.05) is 0 Å². The molecule has 1 atom stereocenters. The monoisotopic (exact) mass is 688 g/mol. The molecular weight excluding hydrogens is 647 g/mol. The summed E-state index contributed by atoms with van der Waals surface area (Å²) in [6.45, 7) is 14.5. The normalized spacial score (nSPS) is 14.8. The molecule has 1 heterocycles. The molecular formula is C46H41O4P. The number of aryl methyl sites for hydroxylation is 1. The van der Waals surface area contributed by atoms with Gasteiger partial charge >= 0.3 is 7.37 Å². The Kier molecular flexibility index (Phi) is 9.29. The van der Waals surface area contributed by atoms with Gasteiger partial charge in [0.25, 0.3) is 0 Å². The van der Waals surface area contributed by atoms with Gasteiger partial charge in [-0.1, -0.05) is 104 Å². The second kappa shape index (κ2) is 14.0. The van der Waals surface area contributed by atoms with E-state index in [0.717, 1.165) is 45.1 Å². The third-order valence-electron chi connectivity index (χ3n) is 9.57. The largest absolute Gasteiger partial charge is 0.457 e. The maximum Gasteiger partial charge on any atom is 0.307 e. The fourth-order valence-electron chi connectivity index (χ4n) is 6.61. The second-order valence-electron chi connectivity index (χ2n) is 13.4. The predicted molar refractivity (Wildman–Crippen MR) is 210 cm³/mol. The van der Waals surface area contributed by atoms with E-state index in [1.807, 2.05) is 103 Å². The first-order valence-electron chi connectivity index (χ1n) is 17.2. The van der Waals surface area contributed by atoms with Crippen molar-refractivity contribution in [1.82, 2.24) is 0 Å². The second-order valence-corrected chi connectivity index (χ2v) is 15.7. The molecule has 0 saturated heterocycles. The lowest BCUT2D eigenvalue weighted by Crippen LogP contribution is -2.25. The lowest BCUT2D eigenvalue weighted by Gasteiger charge is -2.29. The van der Waals surface area contributed by atoms with Gasteiger partial charge in [-0.3, -0.25) is 4.57 Å². The molecule has 0 fully saturated rings. The van der Waals surface area contributed by atoms with Crippen molar-refractivity contribution in [2.24, 2.45) is 0 Å². The molecule has 0 aliphatic carbocycles. The highest BCUT2D eigenvalue weighted by molar-refractivity contribution is 7.75. The quantitative estimate of drug-likeness (QED) is 0.100. The zero-order chi connectivity index (χ0) is 35.6. The number of rotatable bonds is 11. The van der Waals surface area contributed by atoms with E-state index in [-0.39, 0.29) is 5.41 Å². The topological polar surface area (TPSA) is 44.8 Å². The molecule has 0 saturated carbocycles. The van der Waals surface area contributed by atoms with Gasteiger partial charge in [-0.2, -0.15) is 0 Å². The zero-order valence-corrected chi connectivity index (χ0v) is 30.2. The Morgan fingerprint density at radius 1 is 0.647 bits per heavy atom. The predicted octanol–water partition coefficient (Wildman–Crippen LogP) is 11.7. The van der Waals surface area contributed by atoms with E-state index in [2.05, 4.69) is 76.4 Å². The van der Waals surface area contributed by atoms with E-state index in [0.29, 0.717) is 34.9 Å². The minimum atomic E-state index is -3.38. The molecule has 0 radical (unpaired) electrons. The molecule has 0 N–H and O–H groups in total. The Labute approximate surface area is 301 Å². The summed E-state index contributed by atoms with van der Waals surface area (Å²) in [7, 11) is -3.38. The van der Waals surface area contributed by atoms with Gasteiger partial charge in [0.15, 0.2) is 0 Å². The van der Waals surface area contributed by atoms with Crippen LogP contribution in [0.1, 0.15) is 41.7 Å². The summed E-state index contributed by atoms with van der Waals surface area (Å²) in [6.07, 6.45) is 5.14. The molecule has 6 aromatic rings. The molecule has 0 aromatic heterocycles. The highest BCUT2D eigenvalue weighted by Gasteiger charge is 2.37. The van der Waals surface area contributed by atoms with Gasteiger partial charge in [-0.15, -0.1) is 13.2 Å². The van der Waals surface area contributed by atoms with E-state index in [4.69, 9.17) is 14.0 Å². The SMILES string of the molecule is C=CCc1cc(C(C)(C)c2ccc(Oc3ccc(P4(=O)Oc5ccccc5-c5ccccc54)cc3)c(CC=C)c2)ccc1Oc1ccc(C)cc1. The van der Waals surface area contributed by atoms with Crippen molar-refractivity contribution in [1.29, 1.82) is 0 Å². The van der Waals surface area contributed by atoms with Crippen LogP contribution in [0.25, 0.3) is 11.1 Å². The Morgan fingerprint density at radius 2 is 1.16 bits per heavy atom. The smallest absolute Gasteiger partial charge is 0.307 e. The summed E-state index contributed by atoms with van der Waals surface area (Å²) in [4.78, 5) is 0. The molecule has 51 heavy (non-hydrogen) atoms. The van der Waals surface area contributed by atoms with Crippen LogP contribution in [-0.4, -0.2) is 0 Å². The summed E-state index contributed by atoms with van der Waals surface area (Å²) in [6, 6.07) is 43.8. The van der Waals surface area contributed by atoms with Crippen LogP contribution in [0, 0.1) is 6.92 Å². The molecule has 254 valence electrons. The molecule has 1 aliphatic rings. The van der Waals surface area contributed by atoms with Crippen molar-refractivity contribution in [3.05, 3.63) is 187 Å². The average Bonchev–Trinajstić information content (AvgIpc) is 3.14. The Morgan fingerprint density at radius 3 is 1.73 bits per heavy atom. The third-order valence-corrected chi connectivity index (χ3v) is 12.0. The number of ether oxygens (including phenoxy) is 2. The number of benzene rings is 6. The lowest BCUT2D eigenvalue weighted by atomic mass is 9.76. The molecule has 5 heteroatoms. The number of allylic oxidation sites excluding steroid dienone is 2.